The van der Waals surface area contributed by atoms with Gasteiger partial charge in [0.1, 0.15) is 17.3 Å². The Morgan fingerprint density at radius 3 is 2.52 bits per heavy atom. The van der Waals surface area contributed by atoms with E-state index in [9.17, 15) is 5.26 Å². The molecule has 5 rings (SSSR count). The van der Waals surface area contributed by atoms with Gasteiger partial charge in [0.2, 0.25) is 0 Å². The van der Waals surface area contributed by atoms with Crippen molar-refractivity contribution in [1.82, 2.24) is 9.78 Å². The van der Waals surface area contributed by atoms with Gasteiger partial charge in [-0.25, -0.2) is 4.68 Å². The molecule has 6 heteroatoms. The summed E-state index contributed by atoms with van der Waals surface area (Å²) < 4.78 is 2.95. The Morgan fingerprint density at radius 1 is 1.03 bits per heavy atom. The third-order valence-electron chi connectivity index (χ3n) is 5.87. The number of anilines is 1. The van der Waals surface area contributed by atoms with E-state index in [0.29, 0.717) is 17.5 Å². The number of nitrogens with zero attached hydrogens (tertiary/aromatic N) is 5. The van der Waals surface area contributed by atoms with Crippen LogP contribution in [0.3, 0.4) is 0 Å². The van der Waals surface area contributed by atoms with Crippen LogP contribution in [0.25, 0.3) is 5.69 Å². The van der Waals surface area contributed by atoms with Crippen LogP contribution in [0, 0.1) is 24.2 Å². The minimum Gasteiger partial charge on any atom is -0.261 e. The first-order valence-electron chi connectivity index (χ1n) is 9.86. The van der Waals surface area contributed by atoms with Crippen molar-refractivity contribution in [3.05, 3.63) is 76.0 Å². The fourth-order valence-corrected chi connectivity index (χ4v) is 4.80. The van der Waals surface area contributed by atoms with E-state index < -0.39 is 0 Å². The molecule has 0 spiro atoms. The molecule has 0 N–H and O–H groups in total. The molecule has 3 aromatic rings. The average Bonchev–Trinajstić information content (AvgIpc) is 3.43. The zero-order chi connectivity index (χ0) is 20.0. The third-order valence-corrected chi connectivity index (χ3v) is 6.40. The molecule has 144 valence electrons. The highest BCUT2D eigenvalue weighted by Crippen LogP contribution is 2.41. The Kier molecular flexibility index (Phi) is 4.48. The average molecular weight is 446 g/mol. The van der Waals surface area contributed by atoms with Crippen LogP contribution in [0.1, 0.15) is 36.2 Å². The van der Waals surface area contributed by atoms with Crippen molar-refractivity contribution in [3.63, 3.8) is 0 Å². The van der Waals surface area contributed by atoms with Gasteiger partial charge in [0.15, 0.2) is 0 Å². The fraction of sp³-hybridized carbons (Fsp3) is 0.261. The number of halogens is 1. The highest BCUT2D eigenvalue weighted by Gasteiger charge is 2.44. The second kappa shape index (κ2) is 7.16. The number of benzene rings is 2. The van der Waals surface area contributed by atoms with E-state index >= 15 is 0 Å². The predicted molar refractivity (Wildman–Crippen MR) is 117 cm³/mol. The Balaban J connectivity index is 1.68. The van der Waals surface area contributed by atoms with Gasteiger partial charge in [0.05, 0.1) is 28.8 Å². The van der Waals surface area contributed by atoms with Gasteiger partial charge in [-0.05, 0) is 56.2 Å². The lowest BCUT2D eigenvalue weighted by molar-refractivity contribution is 0.601. The number of aromatic nitrogens is 2. The Morgan fingerprint density at radius 2 is 1.79 bits per heavy atom. The molecule has 1 aliphatic carbocycles. The molecule has 0 saturated heterocycles. The molecule has 5 nitrogen and oxygen atoms in total. The lowest BCUT2D eigenvalue weighted by atomic mass is 9.94. The molecule has 2 aliphatic rings. The maximum atomic E-state index is 9.90. The van der Waals surface area contributed by atoms with E-state index in [1.54, 1.807) is 0 Å². The normalized spacial score (nSPS) is 20.4. The summed E-state index contributed by atoms with van der Waals surface area (Å²) in [5.41, 5.74) is 5.22. The molecule has 1 fully saturated rings. The summed E-state index contributed by atoms with van der Waals surface area (Å²) in [6, 6.07) is 21.0. The molecule has 2 atom stereocenters. The predicted octanol–water partition coefficient (Wildman–Crippen LogP) is 5.21. The van der Waals surface area contributed by atoms with Crippen molar-refractivity contribution in [2.45, 2.75) is 32.2 Å². The van der Waals surface area contributed by atoms with Gasteiger partial charge in [-0.3, -0.25) is 5.01 Å². The van der Waals surface area contributed by atoms with E-state index in [-0.39, 0.29) is 0 Å². The van der Waals surface area contributed by atoms with Crippen molar-refractivity contribution >= 4 is 27.3 Å². The van der Waals surface area contributed by atoms with Crippen LogP contribution in [0.5, 0.6) is 0 Å². The minimum atomic E-state index is 0.310. The van der Waals surface area contributed by atoms with Crippen molar-refractivity contribution in [2.24, 2.45) is 11.0 Å². The Bertz CT molecular complexity index is 1120. The Hall–Kier alpha value is -2.91. The highest BCUT2D eigenvalue weighted by atomic mass is 79.9. The first-order chi connectivity index (χ1) is 14.2. The lowest BCUT2D eigenvalue weighted by Gasteiger charge is -2.22. The molecule has 29 heavy (non-hydrogen) atoms. The summed E-state index contributed by atoms with van der Waals surface area (Å²) in [6.07, 6.45) is 3.36. The number of hydrogen-bond acceptors (Lipinski definition) is 4. The van der Waals surface area contributed by atoms with Crippen LogP contribution in [0.15, 0.2) is 64.2 Å². The largest absolute Gasteiger partial charge is 0.261 e. The summed E-state index contributed by atoms with van der Waals surface area (Å²) in [7, 11) is 0. The van der Waals surface area contributed by atoms with Crippen molar-refractivity contribution in [2.75, 3.05) is 5.01 Å². The fourth-order valence-electron chi connectivity index (χ4n) is 4.54. The van der Waals surface area contributed by atoms with Crippen LogP contribution >= 0.6 is 15.9 Å². The number of nitriles is 1. The number of rotatable bonds is 3. The molecular formula is C23H20BrN5. The molecule has 1 aromatic heterocycles. The monoisotopic (exact) mass is 445 g/mol. The third kappa shape index (κ3) is 2.97. The molecule has 0 unspecified atom stereocenters. The smallest absolute Gasteiger partial charge is 0.109 e. The molecule has 0 amide bonds. The molecule has 2 heterocycles. The molecule has 0 radical (unpaired) electrons. The van der Waals surface area contributed by atoms with Crippen LogP contribution in [0.2, 0.25) is 0 Å². The van der Waals surface area contributed by atoms with Gasteiger partial charge < -0.3 is 0 Å². The summed E-state index contributed by atoms with van der Waals surface area (Å²) >= 11 is 3.51. The standard InChI is InChI=1S/C23H20BrN5/c1-15-20(14-25)23(29(26-15)17-6-3-2-4-7-17)22-19-8-5-9-21(19)28(27-22)18-12-10-16(24)11-13-18/h2-4,6-7,10-13,19,21H,5,8-9H2,1H3/t19-,21+/m0/s1. The quantitative estimate of drug-likeness (QED) is 0.555. The second-order valence-electron chi connectivity index (χ2n) is 7.58. The van der Waals surface area contributed by atoms with Crippen LogP contribution < -0.4 is 5.01 Å². The number of hydrazone groups is 1. The van der Waals surface area contributed by atoms with Gasteiger partial charge in [0.25, 0.3) is 0 Å². The SMILES string of the molecule is Cc1nn(-c2ccccc2)c(C2=NN(c3ccc(Br)cc3)[C@@H]3CCC[C@H]23)c1C#N. The van der Waals surface area contributed by atoms with Crippen LogP contribution in [-0.2, 0) is 0 Å². The lowest BCUT2D eigenvalue weighted by Crippen LogP contribution is -2.29. The van der Waals surface area contributed by atoms with E-state index in [1.165, 1.54) is 6.42 Å². The zero-order valence-electron chi connectivity index (χ0n) is 16.1. The van der Waals surface area contributed by atoms with Crippen LogP contribution in [0.4, 0.5) is 5.69 Å². The second-order valence-corrected chi connectivity index (χ2v) is 8.49. The first-order valence-corrected chi connectivity index (χ1v) is 10.7. The van der Waals surface area contributed by atoms with Crippen molar-refractivity contribution in [3.8, 4) is 11.8 Å². The maximum Gasteiger partial charge on any atom is 0.109 e. The number of fused-ring (bicyclic) bond motifs is 1. The van der Waals surface area contributed by atoms with Gasteiger partial charge in [0, 0.05) is 10.4 Å². The number of para-hydroxylation sites is 1. The molecule has 0 bridgehead atoms. The van der Waals surface area contributed by atoms with Gasteiger partial charge in [-0.2, -0.15) is 15.5 Å². The zero-order valence-corrected chi connectivity index (χ0v) is 17.7. The minimum absolute atomic E-state index is 0.310. The van der Waals surface area contributed by atoms with E-state index in [4.69, 9.17) is 10.2 Å². The molecular weight excluding hydrogens is 426 g/mol. The maximum absolute atomic E-state index is 9.90. The van der Waals surface area contributed by atoms with Crippen molar-refractivity contribution < 1.29 is 0 Å². The van der Waals surface area contributed by atoms with E-state index in [0.717, 1.165) is 45.8 Å². The summed E-state index contributed by atoms with van der Waals surface area (Å²) in [5.74, 6) is 0.310. The Labute approximate surface area is 178 Å². The molecule has 2 aromatic carbocycles. The van der Waals surface area contributed by atoms with Gasteiger partial charge >= 0.3 is 0 Å². The summed E-state index contributed by atoms with van der Waals surface area (Å²) in [6.45, 7) is 1.90. The van der Waals surface area contributed by atoms with E-state index in [2.05, 4.69) is 39.1 Å². The van der Waals surface area contributed by atoms with E-state index in [1.807, 2.05) is 54.1 Å². The summed E-state index contributed by atoms with van der Waals surface area (Å²) in [4.78, 5) is 0. The van der Waals surface area contributed by atoms with Crippen molar-refractivity contribution in [1.29, 1.82) is 5.26 Å². The highest BCUT2D eigenvalue weighted by molar-refractivity contribution is 9.10. The van der Waals surface area contributed by atoms with Crippen LogP contribution in [-0.4, -0.2) is 21.5 Å². The summed E-state index contributed by atoms with van der Waals surface area (Å²) in [5, 5.41) is 21.8. The number of aryl methyl sites for hydroxylation is 1. The topological polar surface area (TPSA) is 57.2 Å². The molecule has 1 aliphatic heterocycles. The number of hydrogen-bond donors (Lipinski definition) is 0. The van der Waals surface area contributed by atoms with Gasteiger partial charge in [-0.1, -0.05) is 40.5 Å². The molecule has 1 saturated carbocycles. The first kappa shape index (κ1) is 18.1. The van der Waals surface area contributed by atoms with Gasteiger partial charge in [-0.15, -0.1) is 0 Å².